The van der Waals surface area contributed by atoms with Gasteiger partial charge < -0.3 is 5.32 Å². The molecule has 1 unspecified atom stereocenters. The van der Waals surface area contributed by atoms with E-state index in [4.69, 9.17) is 0 Å². The van der Waals surface area contributed by atoms with Crippen molar-refractivity contribution in [3.8, 4) is 0 Å². The van der Waals surface area contributed by atoms with Crippen LogP contribution >= 0.6 is 0 Å². The molecule has 1 atom stereocenters. The van der Waals surface area contributed by atoms with Crippen molar-refractivity contribution in [3.63, 3.8) is 0 Å². The van der Waals surface area contributed by atoms with Crippen molar-refractivity contribution >= 4 is 0 Å². The summed E-state index contributed by atoms with van der Waals surface area (Å²) in [4.78, 5) is 0. The van der Waals surface area contributed by atoms with Crippen LogP contribution in [-0.4, -0.2) is 12.6 Å². The maximum absolute atomic E-state index is 3.85. The van der Waals surface area contributed by atoms with E-state index in [9.17, 15) is 0 Å². The summed E-state index contributed by atoms with van der Waals surface area (Å²) in [5.74, 6) is 1.94. The SMILES string of the molecule is CC(NCC1CCCCCC1)C1CCCCC1. The van der Waals surface area contributed by atoms with Gasteiger partial charge in [0.25, 0.3) is 0 Å². The Kier molecular flexibility index (Phi) is 5.84. The third-order valence-corrected chi connectivity index (χ3v) is 5.06. The Balaban J connectivity index is 1.65. The summed E-state index contributed by atoms with van der Waals surface area (Å²) in [5, 5.41) is 3.85. The first-order valence-electron chi connectivity index (χ1n) is 8.09. The minimum Gasteiger partial charge on any atom is -0.314 e. The van der Waals surface area contributed by atoms with Gasteiger partial charge in [0.05, 0.1) is 0 Å². The Morgan fingerprint density at radius 1 is 0.824 bits per heavy atom. The average Bonchev–Trinajstić information content (AvgIpc) is 2.65. The van der Waals surface area contributed by atoms with Gasteiger partial charge in [-0.2, -0.15) is 0 Å². The van der Waals surface area contributed by atoms with Crippen LogP contribution in [0.25, 0.3) is 0 Å². The zero-order valence-corrected chi connectivity index (χ0v) is 11.7. The van der Waals surface area contributed by atoms with Crippen LogP contribution < -0.4 is 5.32 Å². The first-order valence-corrected chi connectivity index (χ1v) is 8.09. The molecule has 0 radical (unpaired) electrons. The standard InChI is InChI=1S/C16H31N/c1-14(16-11-7-4-8-12-16)17-13-15-9-5-2-3-6-10-15/h14-17H,2-13H2,1H3. The zero-order valence-electron chi connectivity index (χ0n) is 11.7. The Bertz CT molecular complexity index is 188. The van der Waals surface area contributed by atoms with Crippen LogP contribution in [0.1, 0.15) is 77.6 Å². The van der Waals surface area contributed by atoms with E-state index in [0.29, 0.717) is 0 Å². The van der Waals surface area contributed by atoms with Gasteiger partial charge >= 0.3 is 0 Å². The Morgan fingerprint density at radius 3 is 2.00 bits per heavy atom. The van der Waals surface area contributed by atoms with Gasteiger partial charge in [0, 0.05) is 6.04 Å². The van der Waals surface area contributed by atoms with E-state index in [2.05, 4.69) is 12.2 Å². The molecule has 2 aliphatic carbocycles. The molecule has 2 aliphatic rings. The van der Waals surface area contributed by atoms with Gasteiger partial charge in [-0.1, -0.05) is 44.9 Å². The second-order valence-electron chi connectivity index (χ2n) is 6.45. The Morgan fingerprint density at radius 2 is 1.35 bits per heavy atom. The van der Waals surface area contributed by atoms with E-state index in [1.165, 1.54) is 77.2 Å². The maximum Gasteiger partial charge on any atom is 0.00671 e. The number of hydrogen-bond acceptors (Lipinski definition) is 1. The molecule has 0 aromatic heterocycles. The molecule has 0 aromatic carbocycles. The highest BCUT2D eigenvalue weighted by Crippen LogP contribution is 2.27. The lowest BCUT2D eigenvalue weighted by Gasteiger charge is -2.29. The van der Waals surface area contributed by atoms with E-state index in [-0.39, 0.29) is 0 Å². The van der Waals surface area contributed by atoms with Crippen molar-refractivity contribution in [1.29, 1.82) is 0 Å². The fourth-order valence-corrected chi connectivity index (χ4v) is 3.72. The van der Waals surface area contributed by atoms with Crippen LogP contribution in [0.15, 0.2) is 0 Å². The summed E-state index contributed by atoms with van der Waals surface area (Å²) in [6.45, 7) is 3.71. The molecule has 0 spiro atoms. The molecule has 2 rings (SSSR count). The molecule has 0 amide bonds. The Hall–Kier alpha value is -0.0400. The molecule has 2 saturated carbocycles. The van der Waals surface area contributed by atoms with Crippen molar-refractivity contribution in [1.82, 2.24) is 5.32 Å². The third kappa shape index (κ3) is 4.62. The van der Waals surface area contributed by atoms with E-state index in [0.717, 1.165) is 17.9 Å². The lowest BCUT2D eigenvalue weighted by atomic mass is 9.84. The predicted molar refractivity (Wildman–Crippen MR) is 75.2 cm³/mol. The van der Waals surface area contributed by atoms with Crippen LogP contribution in [0.2, 0.25) is 0 Å². The average molecular weight is 237 g/mol. The summed E-state index contributed by atoms with van der Waals surface area (Å²) >= 11 is 0. The number of rotatable bonds is 4. The fourth-order valence-electron chi connectivity index (χ4n) is 3.72. The van der Waals surface area contributed by atoms with Gasteiger partial charge in [-0.25, -0.2) is 0 Å². The predicted octanol–water partition coefficient (Wildman–Crippen LogP) is 4.52. The van der Waals surface area contributed by atoms with Gasteiger partial charge in [-0.15, -0.1) is 0 Å². The molecule has 0 aromatic rings. The van der Waals surface area contributed by atoms with E-state index >= 15 is 0 Å². The van der Waals surface area contributed by atoms with Gasteiger partial charge in [0.2, 0.25) is 0 Å². The molecule has 0 heterocycles. The van der Waals surface area contributed by atoms with E-state index in [1.54, 1.807) is 0 Å². The van der Waals surface area contributed by atoms with Crippen molar-refractivity contribution in [2.75, 3.05) is 6.54 Å². The minimum absolute atomic E-state index is 0.763. The second kappa shape index (κ2) is 7.41. The zero-order chi connectivity index (χ0) is 11.9. The molecular formula is C16H31N. The van der Waals surface area contributed by atoms with Crippen LogP contribution in [0.5, 0.6) is 0 Å². The smallest absolute Gasteiger partial charge is 0.00671 e. The van der Waals surface area contributed by atoms with Gasteiger partial charge in [-0.3, -0.25) is 0 Å². The number of hydrogen-bond donors (Lipinski definition) is 1. The topological polar surface area (TPSA) is 12.0 Å². The van der Waals surface area contributed by atoms with Gasteiger partial charge in [0.15, 0.2) is 0 Å². The van der Waals surface area contributed by atoms with Gasteiger partial charge in [-0.05, 0) is 51.0 Å². The van der Waals surface area contributed by atoms with Crippen molar-refractivity contribution in [2.24, 2.45) is 11.8 Å². The summed E-state index contributed by atoms with van der Waals surface area (Å²) < 4.78 is 0. The summed E-state index contributed by atoms with van der Waals surface area (Å²) in [5.41, 5.74) is 0. The fraction of sp³-hybridized carbons (Fsp3) is 1.00. The first-order chi connectivity index (χ1) is 8.36. The van der Waals surface area contributed by atoms with Crippen LogP contribution in [0, 0.1) is 11.8 Å². The monoisotopic (exact) mass is 237 g/mol. The molecule has 17 heavy (non-hydrogen) atoms. The molecule has 1 heteroatoms. The highest BCUT2D eigenvalue weighted by molar-refractivity contribution is 4.77. The quantitative estimate of drug-likeness (QED) is 0.709. The number of nitrogens with one attached hydrogen (secondary N) is 1. The van der Waals surface area contributed by atoms with Crippen LogP contribution in [-0.2, 0) is 0 Å². The van der Waals surface area contributed by atoms with Gasteiger partial charge in [0.1, 0.15) is 0 Å². The van der Waals surface area contributed by atoms with Crippen LogP contribution in [0.4, 0.5) is 0 Å². The molecule has 100 valence electrons. The normalized spacial score (nSPS) is 26.6. The summed E-state index contributed by atoms with van der Waals surface area (Å²) in [6.07, 6.45) is 16.2. The van der Waals surface area contributed by atoms with Crippen molar-refractivity contribution < 1.29 is 0 Å². The highest BCUT2D eigenvalue weighted by atomic mass is 14.9. The van der Waals surface area contributed by atoms with Crippen LogP contribution in [0.3, 0.4) is 0 Å². The minimum atomic E-state index is 0.763. The summed E-state index contributed by atoms with van der Waals surface area (Å²) in [7, 11) is 0. The lowest BCUT2D eigenvalue weighted by Crippen LogP contribution is -2.37. The second-order valence-corrected chi connectivity index (χ2v) is 6.45. The Labute approximate surface area is 108 Å². The first kappa shape index (κ1) is 13.4. The molecule has 0 aliphatic heterocycles. The summed E-state index contributed by atoms with van der Waals surface area (Å²) in [6, 6.07) is 0.763. The van der Waals surface area contributed by atoms with E-state index in [1.807, 2.05) is 0 Å². The van der Waals surface area contributed by atoms with Crippen molar-refractivity contribution in [2.45, 2.75) is 83.6 Å². The highest BCUT2D eigenvalue weighted by Gasteiger charge is 2.20. The third-order valence-electron chi connectivity index (χ3n) is 5.06. The van der Waals surface area contributed by atoms with Crippen molar-refractivity contribution in [3.05, 3.63) is 0 Å². The largest absolute Gasteiger partial charge is 0.314 e. The molecule has 1 nitrogen and oxygen atoms in total. The molecule has 1 N–H and O–H groups in total. The van der Waals surface area contributed by atoms with E-state index < -0.39 is 0 Å². The molecule has 2 fully saturated rings. The molecule has 0 bridgehead atoms. The lowest BCUT2D eigenvalue weighted by molar-refractivity contribution is 0.267. The maximum atomic E-state index is 3.85. The molecular weight excluding hydrogens is 206 g/mol. The molecule has 0 saturated heterocycles.